The van der Waals surface area contributed by atoms with Crippen molar-refractivity contribution in [2.75, 3.05) is 26.2 Å². The maximum absolute atomic E-state index is 14.7. The van der Waals surface area contributed by atoms with Crippen molar-refractivity contribution in [3.05, 3.63) is 64.7 Å². The minimum atomic E-state index is -4.51. The Hall–Kier alpha value is -2.32. The van der Waals surface area contributed by atoms with E-state index in [2.05, 4.69) is 5.32 Å². The van der Waals surface area contributed by atoms with E-state index in [0.29, 0.717) is 31.6 Å². The lowest BCUT2D eigenvalue weighted by molar-refractivity contribution is -0.136. The van der Waals surface area contributed by atoms with Gasteiger partial charge in [-0.25, -0.2) is 18.1 Å². The van der Waals surface area contributed by atoms with Gasteiger partial charge in [-0.15, -0.1) is 0 Å². The van der Waals surface area contributed by atoms with E-state index in [1.165, 1.54) is 0 Å². The summed E-state index contributed by atoms with van der Waals surface area (Å²) < 4.78 is 68.8. The molecule has 1 unspecified atom stereocenters. The summed E-state index contributed by atoms with van der Waals surface area (Å²) in [6.45, 7) is 4.84. The van der Waals surface area contributed by atoms with Gasteiger partial charge in [0.1, 0.15) is 23.9 Å². The number of piperidine rings is 1. The molecule has 2 aliphatic heterocycles. The molecule has 1 atom stereocenters. The molecule has 0 aromatic heterocycles. The molecule has 3 nitrogen and oxygen atoms in total. The van der Waals surface area contributed by atoms with Gasteiger partial charge in [0.05, 0.1) is 18.4 Å². The Morgan fingerprint density at radius 3 is 2.30 bits per heavy atom. The second kappa shape index (κ2) is 8.47. The molecule has 1 saturated heterocycles. The molecule has 178 valence electrons. The van der Waals surface area contributed by atoms with E-state index in [4.69, 9.17) is 0 Å². The summed E-state index contributed by atoms with van der Waals surface area (Å²) in [7, 11) is 0. The topological polar surface area (TPSA) is 29.1 Å². The largest absolute Gasteiger partial charge is 0.394 e. The van der Waals surface area contributed by atoms with Gasteiger partial charge in [0, 0.05) is 11.6 Å². The van der Waals surface area contributed by atoms with Gasteiger partial charge in [-0.1, -0.05) is 26.0 Å². The van der Waals surface area contributed by atoms with E-state index in [9.17, 15) is 26.7 Å². The first-order chi connectivity index (χ1) is 15.5. The van der Waals surface area contributed by atoms with Crippen molar-refractivity contribution < 1.29 is 26.7 Å². The number of amides is 1. The first-order valence-electron chi connectivity index (χ1n) is 11.3. The van der Waals surface area contributed by atoms with Crippen molar-refractivity contribution in [1.29, 1.82) is 0 Å². The molecule has 1 N–H and O–H groups in total. The molecule has 1 spiro atoms. The summed E-state index contributed by atoms with van der Waals surface area (Å²) in [6, 6.07) is 8.58. The number of rotatable bonds is 4. The van der Waals surface area contributed by atoms with E-state index in [1.807, 2.05) is 26.0 Å². The van der Waals surface area contributed by atoms with Gasteiger partial charge >= 0.3 is 12.1 Å². The van der Waals surface area contributed by atoms with Crippen LogP contribution in [0.1, 0.15) is 60.5 Å². The number of nitrogens with one attached hydrogen (secondary N) is 1. The Morgan fingerprint density at radius 2 is 1.73 bits per heavy atom. The van der Waals surface area contributed by atoms with Crippen LogP contribution < -0.4 is 9.80 Å². The Kier molecular flexibility index (Phi) is 6.12. The van der Waals surface area contributed by atoms with Gasteiger partial charge in [-0.2, -0.15) is 13.2 Å². The number of hydrogen-bond donors (Lipinski definition) is 1. The van der Waals surface area contributed by atoms with E-state index in [0.717, 1.165) is 29.3 Å². The third-order valence-corrected chi connectivity index (χ3v) is 7.20. The lowest BCUT2D eigenvalue weighted by Crippen LogP contribution is -2.58. The van der Waals surface area contributed by atoms with Crippen molar-refractivity contribution in [2.45, 2.75) is 50.6 Å². The van der Waals surface area contributed by atoms with Gasteiger partial charge in [-0.05, 0) is 55.6 Å². The van der Waals surface area contributed by atoms with Crippen molar-refractivity contribution in [3.8, 4) is 0 Å². The summed E-state index contributed by atoms with van der Waals surface area (Å²) in [4.78, 5) is 13.8. The summed E-state index contributed by atoms with van der Waals surface area (Å²) in [6.07, 6.45) is -4.46. The van der Waals surface area contributed by atoms with Gasteiger partial charge in [0.15, 0.2) is 5.56 Å². The zero-order valence-corrected chi connectivity index (χ0v) is 18.7. The van der Waals surface area contributed by atoms with Crippen LogP contribution in [0, 0.1) is 11.6 Å². The van der Waals surface area contributed by atoms with Gasteiger partial charge < -0.3 is 5.32 Å². The fourth-order valence-corrected chi connectivity index (χ4v) is 5.45. The number of carbonyl (C=O) groups is 1. The number of carbonyl (C=O) groups excluding carboxylic acids is 1. The maximum Gasteiger partial charge on any atom is 0.394 e. The smallest absolute Gasteiger partial charge is 0.317 e. The molecule has 0 radical (unpaired) electrons. The Morgan fingerprint density at radius 1 is 1.09 bits per heavy atom. The van der Waals surface area contributed by atoms with Crippen LogP contribution in [0.3, 0.4) is 0 Å². The molecule has 0 aliphatic carbocycles. The molecule has 33 heavy (non-hydrogen) atoms. The molecular weight excluding hydrogens is 439 g/mol. The van der Waals surface area contributed by atoms with E-state index in [1.54, 1.807) is 6.07 Å². The fourth-order valence-electron chi connectivity index (χ4n) is 5.45. The van der Waals surface area contributed by atoms with Crippen LogP contribution in [0.25, 0.3) is 0 Å². The molecule has 8 heteroatoms. The highest BCUT2D eigenvalue weighted by Gasteiger charge is 2.59. The van der Waals surface area contributed by atoms with Gasteiger partial charge in [0.25, 0.3) is 0 Å². The molecule has 2 aromatic carbocycles. The van der Waals surface area contributed by atoms with Gasteiger partial charge in [0.2, 0.25) is 0 Å². The van der Waals surface area contributed by atoms with Crippen LogP contribution >= 0.6 is 0 Å². The predicted molar refractivity (Wildman–Crippen MR) is 117 cm³/mol. The second-order valence-electron chi connectivity index (χ2n) is 9.58. The van der Waals surface area contributed by atoms with Crippen molar-refractivity contribution in [3.63, 3.8) is 0 Å². The molecular formula is C25H28F5N2O+. The van der Waals surface area contributed by atoms with Crippen LogP contribution in [0.15, 0.2) is 36.4 Å². The monoisotopic (exact) mass is 467 g/mol. The average Bonchev–Trinajstić information content (AvgIpc) is 3.02. The minimum absolute atomic E-state index is 0.0637. The van der Waals surface area contributed by atoms with Crippen LogP contribution in [0.5, 0.6) is 0 Å². The first-order valence-corrected chi connectivity index (χ1v) is 11.3. The zero-order chi connectivity index (χ0) is 24.0. The van der Waals surface area contributed by atoms with Crippen LogP contribution in [0.2, 0.25) is 0 Å². The quantitative estimate of drug-likeness (QED) is 0.453. The average molecular weight is 468 g/mol. The highest BCUT2D eigenvalue weighted by Crippen LogP contribution is 2.52. The number of alkyl halides is 3. The highest BCUT2D eigenvalue weighted by atomic mass is 19.4. The number of benzene rings is 2. The van der Waals surface area contributed by atoms with Crippen LogP contribution in [-0.2, 0) is 5.41 Å². The first kappa shape index (κ1) is 23.8. The van der Waals surface area contributed by atoms with Gasteiger partial charge in [-0.3, -0.25) is 0 Å². The Bertz CT molecular complexity index is 1040. The lowest BCUT2D eigenvalue weighted by atomic mass is 9.74. The molecule has 4 rings (SSSR count). The molecule has 2 aromatic rings. The van der Waals surface area contributed by atoms with Crippen LogP contribution in [0.4, 0.5) is 27.6 Å². The number of hydrogen-bond acceptors (Lipinski definition) is 2. The number of nitrogens with zero attached hydrogens (tertiary/aromatic N) is 1. The van der Waals surface area contributed by atoms with Crippen molar-refractivity contribution >= 4 is 11.6 Å². The van der Waals surface area contributed by atoms with Crippen LogP contribution in [-0.4, -0.2) is 38.3 Å². The number of halogens is 5. The lowest BCUT2D eigenvalue weighted by Gasteiger charge is -2.37. The third kappa shape index (κ3) is 4.19. The summed E-state index contributed by atoms with van der Waals surface area (Å²) in [5, 5.41) is 3.27. The standard InChI is InChI=1S/C25H28F5N2O/c1-16(2)17-6-7-21-18(14-17)24(8-11-31-12-9-24)15-32(21,13-10-25(28,29)30)23(33)22-19(26)4-3-5-20(22)27/h3-7,14,16,31H,8-13,15H2,1-2H3/q+1. The predicted octanol–water partition coefficient (Wildman–Crippen LogP) is 5.82. The summed E-state index contributed by atoms with van der Waals surface area (Å²) in [5.41, 5.74) is 0.978. The second-order valence-corrected chi connectivity index (χ2v) is 9.58. The van der Waals surface area contributed by atoms with Crippen molar-refractivity contribution in [1.82, 2.24) is 9.80 Å². The minimum Gasteiger partial charge on any atom is -0.317 e. The molecule has 2 aliphatic rings. The van der Waals surface area contributed by atoms with E-state index < -0.39 is 52.1 Å². The van der Waals surface area contributed by atoms with E-state index in [-0.39, 0.29) is 12.5 Å². The summed E-state index contributed by atoms with van der Waals surface area (Å²) >= 11 is 0. The fraction of sp³-hybridized carbons (Fsp3) is 0.480. The number of fused-ring (bicyclic) bond motifs is 2. The normalized spacial score (nSPS) is 22.1. The van der Waals surface area contributed by atoms with Crippen molar-refractivity contribution in [2.24, 2.45) is 0 Å². The maximum atomic E-state index is 14.7. The molecule has 1 amide bonds. The Labute approximate surface area is 190 Å². The molecule has 1 fully saturated rings. The molecule has 2 heterocycles. The SMILES string of the molecule is CC(C)c1ccc2c(c1)C1(CCNCC1)C[N+]2(CCC(F)(F)F)C(=O)c1c(F)cccc1F. The third-order valence-electron chi connectivity index (χ3n) is 7.20. The number of quaternary nitrogens is 1. The highest BCUT2D eigenvalue weighted by molar-refractivity contribution is 6.04. The zero-order valence-electron chi connectivity index (χ0n) is 18.7. The van der Waals surface area contributed by atoms with E-state index >= 15 is 0 Å². The summed E-state index contributed by atoms with van der Waals surface area (Å²) in [5.74, 6) is -2.89. The molecule has 0 bridgehead atoms. The Balaban J connectivity index is 1.94. The molecule has 0 saturated carbocycles.